The van der Waals surface area contributed by atoms with Crippen molar-refractivity contribution in [2.45, 2.75) is 51.4 Å². The van der Waals surface area contributed by atoms with E-state index in [1.54, 1.807) is 12.8 Å². The minimum atomic E-state index is 1.09. The van der Waals surface area contributed by atoms with Gasteiger partial charge in [0.2, 0.25) is 0 Å². The Hall–Kier alpha value is -0.260. The summed E-state index contributed by atoms with van der Waals surface area (Å²) in [5.41, 5.74) is 4.02. The molecule has 0 saturated heterocycles. The summed E-state index contributed by atoms with van der Waals surface area (Å²) in [4.78, 5) is 0. The van der Waals surface area contributed by atoms with Gasteiger partial charge in [-0.2, -0.15) is 0 Å². The van der Waals surface area contributed by atoms with E-state index in [1.165, 1.54) is 38.5 Å². The fourth-order valence-corrected chi connectivity index (χ4v) is 3.84. The molecule has 4 aliphatic carbocycles. The van der Waals surface area contributed by atoms with Crippen molar-refractivity contribution in [2.75, 3.05) is 0 Å². The van der Waals surface area contributed by atoms with Gasteiger partial charge in [0.25, 0.3) is 0 Å². The standard InChI is InChI=1S/C14H20/c1-2-4-12-11(3-1)14(12)13(9-5-6-9)10-7-8-10/h9-12H,1-8H2. The van der Waals surface area contributed by atoms with Crippen LogP contribution in [0.25, 0.3) is 0 Å². The molecule has 0 aromatic heterocycles. The van der Waals surface area contributed by atoms with Crippen LogP contribution in [0.4, 0.5) is 0 Å². The smallest absolute Gasteiger partial charge is 0.0131 e. The Kier molecular flexibility index (Phi) is 1.51. The zero-order valence-electron chi connectivity index (χ0n) is 8.97. The summed E-state index contributed by atoms with van der Waals surface area (Å²) >= 11 is 0. The summed E-state index contributed by atoms with van der Waals surface area (Å²) in [7, 11) is 0. The molecule has 4 aliphatic rings. The van der Waals surface area contributed by atoms with Crippen LogP contribution in [0.3, 0.4) is 0 Å². The molecule has 0 aromatic carbocycles. The lowest BCUT2D eigenvalue weighted by Gasteiger charge is -2.04. The van der Waals surface area contributed by atoms with Crippen LogP contribution in [0, 0.1) is 23.7 Å². The maximum absolute atomic E-state index is 2.02. The SMILES string of the molecule is C1CCC2C(=C(C3CC3)C3CC3)C2C1. The molecule has 0 radical (unpaired) electrons. The van der Waals surface area contributed by atoms with Gasteiger partial charge >= 0.3 is 0 Å². The number of hydrogen-bond donors (Lipinski definition) is 0. The van der Waals surface area contributed by atoms with Crippen molar-refractivity contribution >= 4 is 0 Å². The van der Waals surface area contributed by atoms with Crippen molar-refractivity contribution in [1.29, 1.82) is 0 Å². The number of allylic oxidation sites excluding steroid dienone is 2. The molecule has 0 nitrogen and oxygen atoms in total. The number of rotatable bonds is 2. The Balaban J connectivity index is 1.66. The third-order valence-electron chi connectivity index (χ3n) is 4.82. The summed E-state index contributed by atoms with van der Waals surface area (Å²) in [5.74, 6) is 4.37. The van der Waals surface area contributed by atoms with Crippen LogP contribution in [0.2, 0.25) is 0 Å². The van der Waals surface area contributed by atoms with Gasteiger partial charge in [0.05, 0.1) is 0 Å². The molecule has 4 saturated carbocycles. The van der Waals surface area contributed by atoms with E-state index in [4.69, 9.17) is 0 Å². The maximum atomic E-state index is 2.02. The zero-order chi connectivity index (χ0) is 9.12. The normalized spacial score (nSPS) is 40.7. The van der Waals surface area contributed by atoms with Gasteiger partial charge < -0.3 is 0 Å². The first kappa shape index (κ1) is 7.96. The molecule has 0 N–H and O–H groups in total. The first-order valence-electron chi connectivity index (χ1n) is 6.69. The quantitative estimate of drug-likeness (QED) is 0.576. The highest BCUT2D eigenvalue weighted by molar-refractivity contribution is 5.41. The Morgan fingerprint density at radius 2 is 1.21 bits per heavy atom. The van der Waals surface area contributed by atoms with E-state index >= 15 is 0 Å². The summed E-state index contributed by atoms with van der Waals surface area (Å²) in [6.07, 6.45) is 12.3. The molecule has 0 amide bonds. The second kappa shape index (κ2) is 2.65. The van der Waals surface area contributed by atoms with E-state index in [0.29, 0.717) is 0 Å². The van der Waals surface area contributed by atoms with E-state index in [2.05, 4.69) is 0 Å². The molecule has 2 unspecified atom stereocenters. The molecule has 14 heavy (non-hydrogen) atoms. The highest BCUT2D eigenvalue weighted by atomic mass is 14.6. The molecule has 0 heterocycles. The van der Waals surface area contributed by atoms with E-state index in [9.17, 15) is 0 Å². The lowest BCUT2D eigenvalue weighted by molar-refractivity contribution is 0.480. The molecule has 0 bridgehead atoms. The van der Waals surface area contributed by atoms with Gasteiger partial charge in [-0.05, 0) is 62.2 Å². The molecule has 0 aliphatic heterocycles. The average Bonchev–Trinajstić information content (AvgIpc) is 3.10. The molecular formula is C14H20. The van der Waals surface area contributed by atoms with Crippen LogP contribution in [-0.4, -0.2) is 0 Å². The summed E-state index contributed by atoms with van der Waals surface area (Å²) in [6, 6.07) is 0. The highest BCUT2D eigenvalue weighted by Gasteiger charge is 2.51. The van der Waals surface area contributed by atoms with Gasteiger partial charge in [-0.25, -0.2) is 0 Å². The van der Waals surface area contributed by atoms with E-state index in [0.717, 1.165) is 23.7 Å². The van der Waals surface area contributed by atoms with Gasteiger partial charge in [0.15, 0.2) is 0 Å². The van der Waals surface area contributed by atoms with Gasteiger partial charge in [0, 0.05) is 0 Å². The van der Waals surface area contributed by atoms with Crippen molar-refractivity contribution < 1.29 is 0 Å². The predicted octanol–water partition coefficient (Wildman–Crippen LogP) is 3.92. The Morgan fingerprint density at radius 1 is 0.714 bits per heavy atom. The van der Waals surface area contributed by atoms with Crippen molar-refractivity contribution in [3.63, 3.8) is 0 Å². The first-order valence-corrected chi connectivity index (χ1v) is 6.69. The van der Waals surface area contributed by atoms with E-state index in [1.807, 2.05) is 11.1 Å². The summed E-state index contributed by atoms with van der Waals surface area (Å²) < 4.78 is 0. The average molecular weight is 188 g/mol. The van der Waals surface area contributed by atoms with Crippen molar-refractivity contribution in [2.24, 2.45) is 23.7 Å². The summed E-state index contributed by atoms with van der Waals surface area (Å²) in [5, 5.41) is 0. The van der Waals surface area contributed by atoms with E-state index < -0.39 is 0 Å². The van der Waals surface area contributed by atoms with Crippen LogP contribution in [0.1, 0.15) is 51.4 Å². The minimum Gasteiger partial charge on any atom is -0.0642 e. The summed E-state index contributed by atoms with van der Waals surface area (Å²) in [6.45, 7) is 0. The number of fused-ring (bicyclic) bond motifs is 1. The van der Waals surface area contributed by atoms with Crippen LogP contribution >= 0.6 is 0 Å². The lowest BCUT2D eigenvalue weighted by atomic mass is 10.0. The second-order valence-corrected chi connectivity index (χ2v) is 5.96. The Bertz CT molecular complexity index is 263. The van der Waals surface area contributed by atoms with Crippen LogP contribution in [0.15, 0.2) is 11.1 Å². The van der Waals surface area contributed by atoms with Crippen molar-refractivity contribution in [1.82, 2.24) is 0 Å². The second-order valence-electron chi connectivity index (χ2n) is 5.96. The van der Waals surface area contributed by atoms with Crippen LogP contribution < -0.4 is 0 Å². The van der Waals surface area contributed by atoms with Crippen molar-refractivity contribution in [3.05, 3.63) is 11.1 Å². The van der Waals surface area contributed by atoms with Crippen LogP contribution in [-0.2, 0) is 0 Å². The van der Waals surface area contributed by atoms with Gasteiger partial charge in [0.1, 0.15) is 0 Å². The van der Waals surface area contributed by atoms with Crippen LogP contribution in [0.5, 0.6) is 0 Å². The maximum Gasteiger partial charge on any atom is -0.0131 e. The third-order valence-corrected chi connectivity index (χ3v) is 4.82. The highest BCUT2D eigenvalue weighted by Crippen LogP contribution is 2.63. The van der Waals surface area contributed by atoms with Gasteiger partial charge in [-0.1, -0.05) is 24.0 Å². The first-order chi connectivity index (χ1) is 6.95. The molecule has 0 spiro atoms. The number of hydrogen-bond acceptors (Lipinski definition) is 0. The molecule has 76 valence electrons. The molecule has 0 aromatic rings. The monoisotopic (exact) mass is 188 g/mol. The Morgan fingerprint density at radius 3 is 1.64 bits per heavy atom. The topological polar surface area (TPSA) is 0 Å². The van der Waals surface area contributed by atoms with E-state index in [-0.39, 0.29) is 0 Å². The zero-order valence-corrected chi connectivity index (χ0v) is 8.97. The molecule has 4 rings (SSSR count). The fourth-order valence-electron chi connectivity index (χ4n) is 3.84. The fraction of sp³-hybridized carbons (Fsp3) is 0.857. The third kappa shape index (κ3) is 1.12. The van der Waals surface area contributed by atoms with Crippen molar-refractivity contribution in [3.8, 4) is 0 Å². The van der Waals surface area contributed by atoms with Gasteiger partial charge in [-0.15, -0.1) is 0 Å². The molecule has 0 heteroatoms. The largest absolute Gasteiger partial charge is 0.0642 e. The van der Waals surface area contributed by atoms with Gasteiger partial charge in [-0.3, -0.25) is 0 Å². The molecule has 4 fully saturated rings. The minimum absolute atomic E-state index is 1.09. The Labute approximate surface area is 86.8 Å². The predicted molar refractivity (Wildman–Crippen MR) is 57.9 cm³/mol. The molecular weight excluding hydrogens is 168 g/mol. The molecule has 2 atom stereocenters. The lowest BCUT2D eigenvalue weighted by Crippen LogP contribution is -1.91.